The molecule has 0 bridgehead atoms. The maximum atomic E-state index is 12.7. The van der Waals surface area contributed by atoms with E-state index < -0.39 is 17.6 Å². The molecule has 1 amide bonds. The van der Waals surface area contributed by atoms with Gasteiger partial charge in [0.05, 0.1) is 17.4 Å². The first-order valence-corrected chi connectivity index (χ1v) is 6.90. The van der Waals surface area contributed by atoms with Crippen LogP contribution in [0, 0.1) is 0 Å². The number of rotatable bonds is 3. The van der Waals surface area contributed by atoms with E-state index in [9.17, 15) is 18.0 Å². The SMILES string of the molecule is O=C(Nc1cccc(C(F)(F)F)c1)c1cnn(-c2ccccc2)n1. The van der Waals surface area contributed by atoms with Crippen molar-refractivity contribution in [3.05, 3.63) is 72.1 Å². The Bertz CT molecular complexity index is 859. The second-order valence-electron chi connectivity index (χ2n) is 4.89. The van der Waals surface area contributed by atoms with E-state index in [1.54, 1.807) is 24.3 Å². The second-order valence-corrected chi connectivity index (χ2v) is 4.89. The van der Waals surface area contributed by atoms with Gasteiger partial charge in [-0.2, -0.15) is 23.1 Å². The number of halogens is 3. The number of alkyl halides is 3. The van der Waals surface area contributed by atoms with Crippen molar-refractivity contribution in [3.63, 3.8) is 0 Å². The van der Waals surface area contributed by atoms with Gasteiger partial charge in [0, 0.05) is 5.69 Å². The summed E-state index contributed by atoms with van der Waals surface area (Å²) in [5.74, 6) is -0.642. The molecule has 0 unspecified atom stereocenters. The molecule has 1 heterocycles. The zero-order valence-corrected chi connectivity index (χ0v) is 12.2. The van der Waals surface area contributed by atoms with Crippen LogP contribution in [-0.2, 0) is 6.18 Å². The molecule has 0 saturated carbocycles. The highest BCUT2D eigenvalue weighted by molar-refractivity contribution is 6.02. The normalized spacial score (nSPS) is 11.3. The van der Waals surface area contributed by atoms with Gasteiger partial charge in [0.15, 0.2) is 5.69 Å². The summed E-state index contributed by atoms with van der Waals surface area (Å²) >= 11 is 0. The number of hydrogen-bond donors (Lipinski definition) is 1. The third kappa shape index (κ3) is 3.43. The Balaban J connectivity index is 1.78. The fraction of sp³-hybridized carbons (Fsp3) is 0.0625. The summed E-state index contributed by atoms with van der Waals surface area (Å²) < 4.78 is 38.0. The Labute approximate surface area is 134 Å². The smallest absolute Gasteiger partial charge is 0.321 e. The number of amides is 1. The fourth-order valence-corrected chi connectivity index (χ4v) is 2.02. The quantitative estimate of drug-likeness (QED) is 0.798. The van der Waals surface area contributed by atoms with Crippen LogP contribution < -0.4 is 5.32 Å². The third-order valence-electron chi connectivity index (χ3n) is 3.16. The van der Waals surface area contributed by atoms with E-state index in [0.717, 1.165) is 12.1 Å². The molecule has 2 aromatic carbocycles. The molecule has 24 heavy (non-hydrogen) atoms. The number of benzene rings is 2. The Morgan fingerprint density at radius 3 is 2.50 bits per heavy atom. The van der Waals surface area contributed by atoms with Crippen molar-refractivity contribution in [1.29, 1.82) is 0 Å². The van der Waals surface area contributed by atoms with Gasteiger partial charge in [-0.3, -0.25) is 4.79 Å². The molecule has 5 nitrogen and oxygen atoms in total. The van der Waals surface area contributed by atoms with Gasteiger partial charge in [0.1, 0.15) is 0 Å². The van der Waals surface area contributed by atoms with Crippen molar-refractivity contribution in [2.24, 2.45) is 0 Å². The lowest BCUT2D eigenvalue weighted by atomic mass is 10.2. The summed E-state index contributed by atoms with van der Waals surface area (Å²) in [4.78, 5) is 13.4. The average molecular weight is 332 g/mol. The summed E-state index contributed by atoms with van der Waals surface area (Å²) in [5, 5.41) is 10.4. The predicted octanol–water partition coefficient (Wildman–Crippen LogP) is 3.54. The zero-order chi connectivity index (χ0) is 17.2. The van der Waals surface area contributed by atoms with Crippen LogP contribution in [-0.4, -0.2) is 20.9 Å². The topological polar surface area (TPSA) is 59.8 Å². The van der Waals surface area contributed by atoms with Crippen LogP contribution in [0.1, 0.15) is 16.1 Å². The van der Waals surface area contributed by atoms with Crippen molar-refractivity contribution in [1.82, 2.24) is 15.0 Å². The molecule has 0 radical (unpaired) electrons. The summed E-state index contributed by atoms with van der Waals surface area (Å²) in [6.45, 7) is 0. The van der Waals surface area contributed by atoms with Crippen LogP contribution in [0.25, 0.3) is 5.69 Å². The van der Waals surface area contributed by atoms with Crippen molar-refractivity contribution in [2.45, 2.75) is 6.18 Å². The molecule has 0 atom stereocenters. The summed E-state index contributed by atoms with van der Waals surface area (Å²) in [6, 6.07) is 13.3. The number of nitrogens with one attached hydrogen (secondary N) is 1. The maximum Gasteiger partial charge on any atom is 0.416 e. The minimum absolute atomic E-state index is 0.00346. The molecule has 3 aromatic rings. The van der Waals surface area contributed by atoms with Gasteiger partial charge in [-0.25, -0.2) is 0 Å². The molecular weight excluding hydrogens is 321 g/mol. The molecule has 0 aliphatic carbocycles. The van der Waals surface area contributed by atoms with Gasteiger partial charge in [-0.05, 0) is 30.3 Å². The van der Waals surface area contributed by atoms with Crippen LogP contribution >= 0.6 is 0 Å². The predicted molar refractivity (Wildman–Crippen MR) is 80.8 cm³/mol. The highest BCUT2D eigenvalue weighted by Gasteiger charge is 2.30. The van der Waals surface area contributed by atoms with E-state index >= 15 is 0 Å². The number of para-hydroxylation sites is 1. The lowest BCUT2D eigenvalue weighted by molar-refractivity contribution is -0.137. The highest BCUT2D eigenvalue weighted by atomic mass is 19.4. The molecule has 3 rings (SSSR count). The Morgan fingerprint density at radius 2 is 1.79 bits per heavy atom. The van der Waals surface area contributed by atoms with Gasteiger partial charge < -0.3 is 5.32 Å². The molecule has 1 aromatic heterocycles. The third-order valence-corrected chi connectivity index (χ3v) is 3.16. The molecule has 0 fully saturated rings. The molecule has 0 aliphatic heterocycles. The summed E-state index contributed by atoms with van der Waals surface area (Å²) in [6.07, 6.45) is -3.23. The molecule has 8 heteroatoms. The van der Waals surface area contributed by atoms with E-state index in [1.165, 1.54) is 23.1 Å². The number of aromatic nitrogens is 3. The fourth-order valence-electron chi connectivity index (χ4n) is 2.02. The average Bonchev–Trinajstić information content (AvgIpc) is 3.05. The first kappa shape index (κ1) is 15.7. The van der Waals surface area contributed by atoms with Crippen LogP contribution in [0.2, 0.25) is 0 Å². The molecular formula is C16H11F3N4O. The number of carbonyl (C=O) groups is 1. The largest absolute Gasteiger partial charge is 0.416 e. The van der Waals surface area contributed by atoms with Crippen molar-refractivity contribution in [2.75, 3.05) is 5.32 Å². The van der Waals surface area contributed by atoms with Crippen LogP contribution in [0.15, 0.2) is 60.8 Å². The van der Waals surface area contributed by atoms with E-state index in [0.29, 0.717) is 5.69 Å². The van der Waals surface area contributed by atoms with Crippen molar-refractivity contribution < 1.29 is 18.0 Å². The minimum atomic E-state index is -4.48. The minimum Gasteiger partial charge on any atom is -0.321 e. The van der Waals surface area contributed by atoms with E-state index in [4.69, 9.17) is 0 Å². The standard InChI is InChI=1S/C16H11F3N4O/c17-16(18,19)11-5-4-6-12(9-11)21-15(24)14-10-20-23(22-14)13-7-2-1-3-8-13/h1-10H,(H,21,24). The molecule has 122 valence electrons. The number of hydrogen-bond acceptors (Lipinski definition) is 3. The second kappa shape index (κ2) is 6.15. The van der Waals surface area contributed by atoms with Crippen LogP contribution in [0.4, 0.5) is 18.9 Å². The zero-order valence-electron chi connectivity index (χ0n) is 12.2. The first-order chi connectivity index (χ1) is 11.4. The number of anilines is 1. The Morgan fingerprint density at radius 1 is 1.04 bits per heavy atom. The number of nitrogens with zero attached hydrogens (tertiary/aromatic N) is 3. The molecule has 0 spiro atoms. The van der Waals surface area contributed by atoms with E-state index in [2.05, 4.69) is 15.5 Å². The van der Waals surface area contributed by atoms with Crippen molar-refractivity contribution >= 4 is 11.6 Å². The highest BCUT2D eigenvalue weighted by Crippen LogP contribution is 2.30. The van der Waals surface area contributed by atoms with Gasteiger partial charge in [-0.15, -0.1) is 5.10 Å². The Kier molecular flexibility index (Phi) is 4.03. The summed E-state index contributed by atoms with van der Waals surface area (Å²) in [7, 11) is 0. The van der Waals surface area contributed by atoms with Crippen molar-refractivity contribution in [3.8, 4) is 5.69 Å². The lowest BCUT2D eigenvalue weighted by Crippen LogP contribution is -2.14. The van der Waals surface area contributed by atoms with E-state index in [-0.39, 0.29) is 11.4 Å². The van der Waals surface area contributed by atoms with Crippen LogP contribution in [0.5, 0.6) is 0 Å². The van der Waals surface area contributed by atoms with Gasteiger partial charge in [0.25, 0.3) is 5.91 Å². The first-order valence-electron chi connectivity index (χ1n) is 6.90. The Hall–Kier alpha value is -3.16. The van der Waals surface area contributed by atoms with Gasteiger partial charge in [0.2, 0.25) is 0 Å². The van der Waals surface area contributed by atoms with Gasteiger partial charge >= 0.3 is 6.18 Å². The number of carbonyl (C=O) groups excluding carboxylic acids is 1. The summed E-state index contributed by atoms with van der Waals surface area (Å²) in [5.41, 5.74) is -0.149. The lowest BCUT2D eigenvalue weighted by Gasteiger charge is -2.09. The molecule has 1 N–H and O–H groups in total. The molecule has 0 saturated heterocycles. The van der Waals surface area contributed by atoms with E-state index in [1.807, 2.05) is 6.07 Å². The molecule has 0 aliphatic rings. The monoisotopic (exact) mass is 332 g/mol. The van der Waals surface area contributed by atoms with Crippen LogP contribution in [0.3, 0.4) is 0 Å². The maximum absolute atomic E-state index is 12.7. The van der Waals surface area contributed by atoms with Gasteiger partial charge in [-0.1, -0.05) is 24.3 Å².